The standard InChI is InChI=1S/C12H8ClNO4S/c13-12-5-4-11(19-12)10(15)7-18-9-3-1-2-8(6-9)14(16)17/h1-6H,7H2. The van der Waals surface area contributed by atoms with E-state index < -0.39 is 4.92 Å². The van der Waals surface area contributed by atoms with Gasteiger partial charge in [-0.3, -0.25) is 14.9 Å². The highest BCUT2D eigenvalue weighted by molar-refractivity contribution is 7.18. The summed E-state index contributed by atoms with van der Waals surface area (Å²) in [6.07, 6.45) is 0. The molecule has 0 aliphatic heterocycles. The molecule has 5 nitrogen and oxygen atoms in total. The highest BCUT2D eigenvalue weighted by atomic mass is 35.5. The van der Waals surface area contributed by atoms with E-state index in [1.54, 1.807) is 18.2 Å². The Hall–Kier alpha value is -1.92. The smallest absolute Gasteiger partial charge is 0.273 e. The van der Waals surface area contributed by atoms with Crippen LogP contribution in [-0.2, 0) is 0 Å². The quantitative estimate of drug-likeness (QED) is 0.480. The Balaban J connectivity index is 2.01. The summed E-state index contributed by atoms with van der Waals surface area (Å²) >= 11 is 6.89. The van der Waals surface area contributed by atoms with Gasteiger partial charge in [-0.15, -0.1) is 11.3 Å². The van der Waals surface area contributed by atoms with Crippen LogP contribution in [0.1, 0.15) is 9.67 Å². The molecule has 1 aromatic carbocycles. The van der Waals surface area contributed by atoms with Crippen LogP contribution in [0.2, 0.25) is 4.34 Å². The second-order valence-corrected chi connectivity index (χ2v) is 5.29. The predicted octanol–water partition coefficient (Wildman–Crippen LogP) is 3.57. The molecular formula is C12H8ClNO4S. The number of rotatable bonds is 5. The maximum atomic E-state index is 11.7. The highest BCUT2D eigenvalue weighted by Gasteiger charge is 2.11. The van der Waals surface area contributed by atoms with E-state index in [0.717, 1.165) is 0 Å². The number of carbonyl (C=O) groups is 1. The van der Waals surface area contributed by atoms with Crippen LogP contribution in [0.5, 0.6) is 5.75 Å². The van der Waals surface area contributed by atoms with Gasteiger partial charge >= 0.3 is 0 Å². The molecule has 7 heteroatoms. The van der Waals surface area contributed by atoms with Crippen molar-refractivity contribution in [2.45, 2.75) is 0 Å². The fourth-order valence-corrected chi connectivity index (χ4v) is 2.34. The van der Waals surface area contributed by atoms with E-state index in [-0.39, 0.29) is 23.8 Å². The summed E-state index contributed by atoms with van der Waals surface area (Å²) < 4.78 is 5.76. The fourth-order valence-electron chi connectivity index (χ4n) is 1.37. The Morgan fingerprint density at radius 2 is 2.16 bits per heavy atom. The molecular weight excluding hydrogens is 290 g/mol. The number of nitro benzene ring substituents is 1. The normalized spacial score (nSPS) is 10.2. The van der Waals surface area contributed by atoms with Crippen molar-refractivity contribution in [3.63, 3.8) is 0 Å². The summed E-state index contributed by atoms with van der Waals surface area (Å²) in [7, 11) is 0. The first-order chi connectivity index (χ1) is 9.06. The number of thiophene rings is 1. The van der Waals surface area contributed by atoms with Gasteiger partial charge in [0.15, 0.2) is 6.61 Å². The van der Waals surface area contributed by atoms with E-state index in [2.05, 4.69) is 0 Å². The van der Waals surface area contributed by atoms with Crippen molar-refractivity contribution in [1.29, 1.82) is 0 Å². The third kappa shape index (κ3) is 3.52. The molecule has 0 saturated heterocycles. The number of ether oxygens (including phenoxy) is 1. The van der Waals surface area contributed by atoms with Crippen molar-refractivity contribution >= 4 is 34.4 Å². The highest BCUT2D eigenvalue weighted by Crippen LogP contribution is 2.23. The number of Topliss-reactive ketones (excluding diaryl/α,β-unsaturated/α-hetero) is 1. The number of nitro groups is 1. The monoisotopic (exact) mass is 297 g/mol. The lowest BCUT2D eigenvalue weighted by atomic mass is 10.3. The van der Waals surface area contributed by atoms with Gasteiger partial charge in [0.25, 0.3) is 5.69 Å². The molecule has 2 aromatic rings. The van der Waals surface area contributed by atoms with E-state index in [9.17, 15) is 14.9 Å². The van der Waals surface area contributed by atoms with Crippen LogP contribution < -0.4 is 4.74 Å². The molecule has 0 unspecified atom stereocenters. The van der Waals surface area contributed by atoms with Gasteiger partial charge in [-0.05, 0) is 18.2 Å². The molecule has 0 fully saturated rings. The average molecular weight is 298 g/mol. The number of hydrogen-bond acceptors (Lipinski definition) is 5. The zero-order valence-corrected chi connectivity index (χ0v) is 11.1. The second-order valence-electron chi connectivity index (χ2n) is 3.57. The zero-order valence-electron chi connectivity index (χ0n) is 9.54. The Bertz CT molecular complexity index is 626. The van der Waals surface area contributed by atoms with Crippen LogP contribution in [0.15, 0.2) is 36.4 Å². The number of nitrogens with zero attached hydrogens (tertiary/aromatic N) is 1. The van der Waals surface area contributed by atoms with Crippen molar-refractivity contribution in [3.05, 3.63) is 55.7 Å². The van der Waals surface area contributed by atoms with Gasteiger partial charge in [0, 0.05) is 6.07 Å². The Kier molecular flexibility index (Phi) is 4.13. The van der Waals surface area contributed by atoms with E-state index >= 15 is 0 Å². The van der Waals surface area contributed by atoms with Crippen molar-refractivity contribution < 1.29 is 14.5 Å². The molecule has 1 aromatic heterocycles. The van der Waals surface area contributed by atoms with Crippen LogP contribution in [0.4, 0.5) is 5.69 Å². The first-order valence-electron chi connectivity index (χ1n) is 5.22. The van der Waals surface area contributed by atoms with Crippen LogP contribution in [-0.4, -0.2) is 17.3 Å². The molecule has 0 aliphatic rings. The van der Waals surface area contributed by atoms with E-state index in [1.807, 2.05) is 0 Å². The molecule has 0 atom stereocenters. The minimum absolute atomic E-state index is 0.0795. The lowest BCUT2D eigenvalue weighted by Crippen LogP contribution is -2.10. The van der Waals surface area contributed by atoms with Crippen LogP contribution in [0, 0.1) is 10.1 Å². The van der Waals surface area contributed by atoms with Gasteiger partial charge in [0.1, 0.15) is 5.75 Å². The summed E-state index contributed by atoms with van der Waals surface area (Å²) in [5, 5.41) is 10.6. The summed E-state index contributed by atoms with van der Waals surface area (Å²) in [5.41, 5.74) is -0.0795. The molecule has 2 rings (SSSR count). The number of carbonyl (C=O) groups excluding carboxylic acids is 1. The first-order valence-corrected chi connectivity index (χ1v) is 6.41. The number of non-ortho nitro benzene ring substituents is 1. The van der Waals surface area contributed by atoms with Crippen molar-refractivity contribution in [3.8, 4) is 5.75 Å². The van der Waals surface area contributed by atoms with Crippen molar-refractivity contribution in [1.82, 2.24) is 0 Å². The molecule has 0 aliphatic carbocycles. The first kappa shape index (κ1) is 13.5. The summed E-state index contributed by atoms with van der Waals surface area (Å²) in [6, 6.07) is 8.93. The van der Waals surface area contributed by atoms with Crippen LogP contribution >= 0.6 is 22.9 Å². The van der Waals surface area contributed by atoms with Crippen LogP contribution in [0.3, 0.4) is 0 Å². The Morgan fingerprint density at radius 1 is 1.37 bits per heavy atom. The van der Waals surface area contributed by atoms with Gasteiger partial charge in [0.2, 0.25) is 5.78 Å². The minimum Gasteiger partial charge on any atom is -0.485 e. The third-order valence-corrected chi connectivity index (χ3v) is 3.52. The lowest BCUT2D eigenvalue weighted by molar-refractivity contribution is -0.384. The molecule has 1 heterocycles. The summed E-state index contributed by atoms with van der Waals surface area (Å²) in [4.78, 5) is 22.3. The van der Waals surface area contributed by atoms with E-state index in [1.165, 1.54) is 29.5 Å². The molecule has 0 N–H and O–H groups in total. The molecule has 0 spiro atoms. The summed E-state index contributed by atoms with van der Waals surface area (Å²) in [5.74, 6) is 0.0635. The average Bonchev–Trinajstić information content (AvgIpc) is 2.83. The number of hydrogen-bond donors (Lipinski definition) is 0. The van der Waals surface area contributed by atoms with Crippen molar-refractivity contribution in [2.75, 3.05) is 6.61 Å². The molecule has 0 radical (unpaired) electrons. The van der Waals surface area contributed by atoms with Gasteiger partial charge < -0.3 is 4.74 Å². The maximum Gasteiger partial charge on any atom is 0.273 e. The topological polar surface area (TPSA) is 69.4 Å². The molecule has 98 valence electrons. The molecule has 19 heavy (non-hydrogen) atoms. The number of halogens is 1. The maximum absolute atomic E-state index is 11.7. The lowest BCUT2D eigenvalue weighted by Gasteiger charge is -2.03. The second kappa shape index (κ2) is 5.81. The fraction of sp³-hybridized carbons (Fsp3) is 0.0833. The Labute approximate surface area is 117 Å². The van der Waals surface area contributed by atoms with Crippen molar-refractivity contribution in [2.24, 2.45) is 0 Å². The van der Waals surface area contributed by atoms with Gasteiger partial charge in [-0.2, -0.15) is 0 Å². The largest absolute Gasteiger partial charge is 0.485 e. The van der Waals surface area contributed by atoms with E-state index in [0.29, 0.717) is 9.21 Å². The third-order valence-electron chi connectivity index (χ3n) is 2.25. The van der Waals surface area contributed by atoms with Crippen LogP contribution in [0.25, 0.3) is 0 Å². The summed E-state index contributed by atoms with van der Waals surface area (Å²) in [6.45, 7) is -0.183. The van der Waals surface area contributed by atoms with Gasteiger partial charge in [0.05, 0.1) is 20.2 Å². The molecule has 0 amide bonds. The molecule has 0 saturated carbocycles. The van der Waals surface area contributed by atoms with Gasteiger partial charge in [-0.1, -0.05) is 17.7 Å². The van der Waals surface area contributed by atoms with E-state index in [4.69, 9.17) is 16.3 Å². The number of ketones is 1. The molecule has 0 bridgehead atoms. The Morgan fingerprint density at radius 3 is 2.79 bits per heavy atom. The zero-order chi connectivity index (χ0) is 13.8. The minimum atomic E-state index is -0.520. The number of benzene rings is 1. The van der Waals surface area contributed by atoms with Gasteiger partial charge in [-0.25, -0.2) is 0 Å². The SMILES string of the molecule is O=C(COc1cccc([N+](=O)[O-])c1)c1ccc(Cl)s1. The predicted molar refractivity (Wildman–Crippen MR) is 72.3 cm³/mol.